The fourth-order valence-corrected chi connectivity index (χ4v) is 3.75. The number of aromatic nitrogens is 1. The van der Waals surface area contributed by atoms with Crippen molar-refractivity contribution in [2.24, 2.45) is 4.99 Å². The van der Waals surface area contributed by atoms with Crippen LogP contribution in [-0.4, -0.2) is 55.2 Å². The number of pyridine rings is 1. The Labute approximate surface area is 199 Å². The highest BCUT2D eigenvalue weighted by molar-refractivity contribution is 14.0. The lowest BCUT2D eigenvalue weighted by Gasteiger charge is -2.38. The predicted molar refractivity (Wildman–Crippen MR) is 129 cm³/mol. The molecule has 1 aromatic carbocycles. The number of morpholine rings is 1. The van der Waals surface area contributed by atoms with E-state index >= 15 is 0 Å². The van der Waals surface area contributed by atoms with Gasteiger partial charge in [0.1, 0.15) is 5.82 Å². The van der Waals surface area contributed by atoms with Gasteiger partial charge >= 0.3 is 0 Å². The lowest BCUT2D eigenvalue weighted by atomic mass is 10.0. The van der Waals surface area contributed by atoms with Crippen molar-refractivity contribution >= 4 is 41.5 Å². The minimum Gasteiger partial charge on any atom is -0.376 e. The van der Waals surface area contributed by atoms with Crippen LogP contribution in [0.3, 0.4) is 0 Å². The van der Waals surface area contributed by atoms with Crippen LogP contribution in [0.15, 0.2) is 47.6 Å². The zero-order valence-electron chi connectivity index (χ0n) is 17.1. The number of benzene rings is 1. The van der Waals surface area contributed by atoms with Crippen molar-refractivity contribution in [3.05, 3.63) is 64.7 Å². The summed E-state index contributed by atoms with van der Waals surface area (Å²) in [5.74, 6) is 0.314. The molecule has 2 aromatic rings. The molecule has 164 valence electrons. The van der Waals surface area contributed by atoms with Crippen LogP contribution in [0.4, 0.5) is 4.39 Å². The lowest BCUT2D eigenvalue weighted by Crippen LogP contribution is -2.48. The van der Waals surface area contributed by atoms with Crippen molar-refractivity contribution in [2.75, 3.05) is 33.3 Å². The molecule has 3 rings (SSSR count). The van der Waals surface area contributed by atoms with Crippen LogP contribution in [0.2, 0.25) is 5.02 Å². The first-order valence-electron chi connectivity index (χ1n) is 9.72. The van der Waals surface area contributed by atoms with Gasteiger partial charge in [-0.05, 0) is 31.2 Å². The summed E-state index contributed by atoms with van der Waals surface area (Å²) in [5.41, 5.74) is 1.40. The molecular formula is C21H28ClFIN5O. The first-order chi connectivity index (χ1) is 14.1. The van der Waals surface area contributed by atoms with Crippen LogP contribution in [0, 0.1) is 5.82 Å². The largest absolute Gasteiger partial charge is 0.376 e. The van der Waals surface area contributed by atoms with Gasteiger partial charge in [-0.1, -0.05) is 23.7 Å². The van der Waals surface area contributed by atoms with Gasteiger partial charge in [0.25, 0.3) is 0 Å². The Bertz CT molecular complexity index is 806. The third-order valence-electron chi connectivity index (χ3n) is 4.90. The van der Waals surface area contributed by atoms with E-state index in [0.29, 0.717) is 49.3 Å². The minimum atomic E-state index is -0.306. The zero-order chi connectivity index (χ0) is 20.6. The summed E-state index contributed by atoms with van der Waals surface area (Å²) in [6.07, 6.45) is 1.83. The van der Waals surface area contributed by atoms with Crippen LogP contribution in [0.5, 0.6) is 0 Å². The smallest absolute Gasteiger partial charge is 0.191 e. The Balaban J connectivity index is 0.00000320. The highest BCUT2D eigenvalue weighted by Crippen LogP contribution is 2.31. The Morgan fingerprint density at radius 2 is 2.17 bits per heavy atom. The molecule has 2 heterocycles. The normalized spacial score (nSPS) is 18.4. The van der Waals surface area contributed by atoms with E-state index in [-0.39, 0.29) is 41.9 Å². The summed E-state index contributed by atoms with van der Waals surface area (Å²) in [6, 6.07) is 10.3. The number of hydrogen-bond acceptors (Lipinski definition) is 4. The van der Waals surface area contributed by atoms with Crippen molar-refractivity contribution in [3.8, 4) is 0 Å². The Hall–Kier alpha value is -1.49. The maximum Gasteiger partial charge on any atom is 0.191 e. The molecule has 0 aliphatic carbocycles. The number of halogens is 3. The molecule has 1 aromatic heterocycles. The summed E-state index contributed by atoms with van der Waals surface area (Å²) in [7, 11) is 1.70. The molecule has 0 bridgehead atoms. The molecule has 1 aliphatic rings. The maximum absolute atomic E-state index is 14.7. The van der Waals surface area contributed by atoms with Gasteiger partial charge in [-0.15, -0.1) is 24.0 Å². The summed E-state index contributed by atoms with van der Waals surface area (Å²) < 4.78 is 20.4. The van der Waals surface area contributed by atoms with E-state index in [0.717, 1.165) is 5.69 Å². The first kappa shape index (κ1) is 24.8. The number of ether oxygens (including phenoxy) is 1. The van der Waals surface area contributed by atoms with Crippen LogP contribution in [0.1, 0.15) is 24.2 Å². The average molecular weight is 548 g/mol. The molecule has 2 unspecified atom stereocenters. The standard InChI is InChI=1S/C21H27ClFN5O.HI/c1-15-14-28(10-11-29-15)19(20-17(22)7-5-8-18(20)23)13-27-21(24-2)26-12-16-6-3-4-9-25-16;/h3-9,15,19H,10-14H2,1-2H3,(H2,24,26,27);1H. The topological polar surface area (TPSA) is 61.8 Å². The van der Waals surface area contributed by atoms with Crippen molar-refractivity contribution in [1.82, 2.24) is 20.5 Å². The molecular weight excluding hydrogens is 520 g/mol. The fraction of sp³-hybridized carbons (Fsp3) is 0.429. The monoisotopic (exact) mass is 547 g/mol. The predicted octanol–water partition coefficient (Wildman–Crippen LogP) is 3.62. The number of nitrogens with zero attached hydrogens (tertiary/aromatic N) is 3. The third-order valence-corrected chi connectivity index (χ3v) is 5.23. The van der Waals surface area contributed by atoms with E-state index < -0.39 is 0 Å². The van der Waals surface area contributed by atoms with Crippen molar-refractivity contribution in [1.29, 1.82) is 0 Å². The Kier molecular flexibility index (Phi) is 10.2. The molecule has 1 fully saturated rings. The molecule has 1 aliphatic heterocycles. The summed E-state index contributed by atoms with van der Waals surface area (Å²) in [4.78, 5) is 10.8. The maximum atomic E-state index is 14.7. The molecule has 0 saturated carbocycles. The Morgan fingerprint density at radius 3 is 2.83 bits per heavy atom. The highest BCUT2D eigenvalue weighted by atomic mass is 127. The van der Waals surface area contributed by atoms with Gasteiger partial charge in [0.15, 0.2) is 5.96 Å². The van der Waals surface area contributed by atoms with Crippen LogP contribution >= 0.6 is 35.6 Å². The van der Waals surface area contributed by atoms with Crippen molar-refractivity contribution in [2.45, 2.75) is 25.6 Å². The van der Waals surface area contributed by atoms with Crippen LogP contribution < -0.4 is 10.6 Å². The molecule has 2 N–H and O–H groups in total. The van der Waals surface area contributed by atoms with E-state index in [1.165, 1.54) is 6.07 Å². The SMILES string of the molecule is CN=C(NCc1ccccn1)NCC(c1c(F)cccc1Cl)N1CCOC(C)C1.I. The number of aliphatic imine (C=N–C) groups is 1. The van der Waals surface area contributed by atoms with E-state index in [1.54, 1.807) is 25.4 Å². The van der Waals surface area contributed by atoms with Gasteiger partial charge < -0.3 is 15.4 Å². The Morgan fingerprint density at radius 1 is 1.33 bits per heavy atom. The minimum absolute atomic E-state index is 0. The number of hydrogen-bond donors (Lipinski definition) is 2. The molecule has 2 atom stereocenters. The molecule has 1 saturated heterocycles. The van der Waals surface area contributed by atoms with Gasteiger partial charge in [-0.25, -0.2) is 4.39 Å². The number of rotatable bonds is 6. The quantitative estimate of drug-likeness (QED) is 0.329. The highest BCUT2D eigenvalue weighted by Gasteiger charge is 2.29. The molecule has 6 nitrogen and oxygen atoms in total. The van der Waals surface area contributed by atoms with Crippen molar-refractivity contribution < 1.29 is 9.13 Å². The van der Waals surface area contributed by atoms with Crippen molar-refractivity contribution in [3.63, 3.8) is 0 Å². The van der Waals surface area contributed by atoms with Gasteiger partial charge in [0.05, 0.1) is 31.0 Å². The number of guanidine groups is 1. The average Bonchev–Trinajstić information content (AvgIpc) is 2.73. The van der Waals surface area contributed by atoms with E-state index in [9.17, 15) is 4.39 Å². The molecule has 30 heavy (non-hydrogen) atoms. The number of nitrogens with one attached hydrogen (secondary N) is 2. The van der Waals surface area contributed by atoms with E-state index in [4.69, 9.17) is 16.3 Å². The molecule has 0 amide bonds. The third kappa shape index (κ3) is 6.76. The second-order valence-corrected chi connectivity index (χ2v) is 7.36. The summed E-state index contributed by atoms with van der Waals surface area (Å²) >= 11 is 6.39. The van der Waals surface area contributed by atoms with Gasteiger partial charge in [0, 0.05) is 43.5 Å². The molecule has 0 radical (unpaired) electrons. The van der Waals surface area contributed by atoms with Gasteiger partial charge in [0.2, 0.25) is 0 Å². The summed E-state index contributed by atoms with van der Waals surface area (Å²) in [5, 5.41) is 6.97. The first-order valence-corrected chi connectivity index (χ1v) is 10.1. The second-order valence-electron chi connectivity index (χ2n) is 6.96. The second kappa shape index (κ2) is 12.4. The zero-order valence-corrected chi connectivity index (χ0v) is 20.2. The summed E-state index contributed by atoms with van der Waals surface area (Å²) in [6.45, 7) is 5.04. The molecule has 9 heteroatoms. The van der Waals surface area contributed by atoms with Gasteiger partial charge in [-0.3, -0.25) is 14.9 Å². The lowest BCUT2D eigenvalue weighted by molar-refractivity contribution is -0.0343. The molecule has 0 spiro atoms. The van der Waals surface area contributed by atoms with E-state index in [1.807, 2.05) is 25.1 Å². The van der Waals surface area contributed by atoms with Gasteiger partial charge in [-0.2, -0.15) is 0 Å². The van der Waals surface area contributed by atoms with Crippen LogP contribution in [-0.2, 0) is 11.3 Å². The fourth-order valence-electron chi connectivity index (χ4n) is 3.46. The van der Waals surface area contributed by atoms with Crippen LogP contribution in [0.25, 0.3) is 0 Å². The van der Waals surface area contributed by atoms with E-state index in [2.05, 4.69) is 25.5 Å².